The lowest BCUT2D eigenvalue weighted by atomic mass is 9.93. The highest BCUT2D eigenvalue weighted by atomic mass is 32.1. The van der Waals surface area contributed by atoms with E-state index in [-0.39, 0.29) is 0 Å². The fourth-order valence-electron chi connectivity index (χ4n) is 3.75. The van der Waals surface area contributed by atoms with Crippen LogP contribution in [0.5, 0.6) is 11.5 Å². The number of benzene rings is 2. The number of methoxy groups -OCH3 is 1. The first kappa shape index (κ1) is 20.2. The normalized spacial score (nSPS) is 18.2. The van der Waals surface area contributed by atoms with Crippen molar-refractivity contribution in [3.05, 3.63) is 65.1 Å². The molecule has 0 saturated heterocycles. The average Bonchev–Trinajstić information content (AvgIpc) is 2.77. The zero-order valence-corrected chi connectivity index (χ0v) is 17.4. The van der Waals surface area contributed by atoms with E-state index in [1.165, 1.54) is 13.2 Å². The van der Waals surface area contributed by atoms with Gasteiger partial charge in [0.05, 0.1) is 24.4 Å². The van der Waals surface area contributed by atoms with Gasteiger partial charge in [-0.25, -0.2) is 9.18 Å². The summed E-state index contributed by atoms with van der Waals surface area (Å²) in [6.07, 6.45) is 0.478. The number of nitrogens with zero attached hydrogens (tertiary/aromatic N) is 1. The van der Waals surface area contributed by atoms with E-state index in [0.717, 1.165) is 0 Å². The second-order valence-electron chi connectivity index (χ2n) is 6.77. The van der Waals surface area contributed by atoms with Crippen LogP contribution in [0.3, 0.4) is 0 Å². The molecule has 2 heterocycles. The van der Waals surface area contributed by atoms with Gasteiger partial charge in [0.15, 0.2) is 16.6 Å². The predicted molar refractivity (Wildman–Crippen MR) is 114 cm³/mol. The Balaban J connectivity index is 1.86. The van der Waals surface area contributed by atoms with Crippen LogP contribution in [0.25, 0.3) is 0 Å². The van der Waals surface area contributed by atoms with Gasteiger partial charge in [-0.3, -0.25) is 4.90 Å². The number of rotatable bonds is 4. The number of fused-ring (bicyclic) bond motifs is 1. The van der Waals surface area contributed by atoms with Crippen LogP contribution >= 0.6 is 12.2 Å². The SMILES string of the molecule is CCC1=C(C(=O)OC)C(c2ccccc2F)NC(=S)N1c1ccc2c(c1)OCCO2. The minimum atomic E-state index is -0.755. The maximum Gasteiger partial charge on any atom is 0.338 e. The quantitative estimate of drug-likeness (QED) is 0.586. The summed E-state index contributed by atoms with van der Waals surface area (Å²) in [5.41, 5.74) is 1.99. The van der Waals surface area contributed by atoms with Gasteiger partial charge in [-0.2, -0.15) is 0 Å². The van der Waals surface area contributed by atoms with E-state index < -0.39 is 17.8 Å². The Morgan fingerprint density at radius 2 is 1.97 bits per heavy atom. The number of allylic oxidation sites excluding steroid dienone is 1. The van der Waals surface area contributed by atoms with Crippen LogP contribution in [0.15, 0.2) is 53.7 Å². The average molecular weight is 428 g/mol. The van der Waals surface area contributed by atoms with E-state index in [1.54, 1.807) is 29.2 Å². The molecule has 1 N–H and O–H groups in total. The Hall–Kier alpha value is -3.13. The molecule has 0 saturated carbocycles. The zero-order valence-electron chi connectivity index (χ0n) is 16.6. The van der Waals surface area contributed by atoms with Crippen molar-refractivity contribution in [1.29, 1.82) is 0 Å². The summed E-state index contributed by atoms with van der Waals surface area (Å²) < 4.78 is 30.9. The van der Waals surface area contributed by atoms with Gasteiger partial charge in [0.25, 0.3) is 0 Å². The molecule has 0 radical (unpaired) electrons. The summed E-state index contributed by atoms with van der Waals surface area (Å²) in [4.78, 5) is 14.6. The summed E-state index contributed by atoms with van der Waals surface area (Å²) in [5, 5.41) is 3.47. The third-order valence-corrected chi connectivity index (χ3v) is 5.38. The van der Waals surface area contributed by atoms with Gasteiger partial charge in [0, 0.05) is 17.3 Å². The maximum absolute atomic E-state index is 14.6. The van der Waals surface area contributed by atoms with Gasteiger partial charge >= 0.3 is 5.97 Å². The van der Waals surface area contributed by atoms with Gasteiger partial charge in [-0.15, -0.1) is 0 Å². The number of anilines is 1. The van der Waals surface area contributed by atoms with E-state index in [4.69, 9.17) is 26.4 Å². The van der Waals surface area contributed by atoms with Crippen molar-refractivity contribution in [2.75, 3.05) is 25.2 Å². The number of hydrogen-bond acceptors (Lipinski definition) is 5. The molecule has 6 nitrogen and oxygen atoms in total. The minimum Gasteiger partial charge on any atom is -0.486 e. The Bertz CT molecular complexity index is 1040. The third kappa shape index (κ3) is 3.47. The minimum absolute atomic E-state index is 0.314. The van der Waals surface area contributed by atoms with Crippen molar-refractivity contribution < 1.29 is 23.4 Å². The van der Waals surface area contributed by atoms with E-state index in [2.05, 4.69) is 5.32 Å². The topological polar surface area (TPSA) is 60.0 Å². The second kappa shape index (κ2) is 8.31. The summed E-state index contributed by atoms with van der Waals surface area (Å²) in [6, 6.07) is 11.0. The molecule has 0 bridgehead atoms. The number of hydrogen-bond donors (Lipinski definition) is 1. The first-order chi connectivity index (χ1) is 14.5. The molecule has 4 rings (SSSR count). The molecule has 1 unspecified atom stereocenters. The molecule has 2 aromatic carbocycles. The van der Waals surface area contributed by atoms with Crippen molar-refractivity contribution in [3.8, 4) is 11.5 Å². The first-order valence-electron chi connectivity index (χ1n) is 9.61. The summed E-state index contributed by atoms with van der Waals surface area (Å²) in [6.45, 7) is 2.86. The largest absolute Gasteiger partial charge is 0.486 e. The molecule has 0 spiro atoms. The van der Waals surface area contributed by atoms with Gasteiger partial charge < -0.3 is 19.5 Å². The van der Waals surface area contributed by atoms with Gasteiger partial charge in [0.2, 0.25) is 0 Å². The Morgan fingerprint density at radius 1 is 1.23 bits per heavy atom. The number of ether oxygens (including phenoxy) is 3. The number of nitrogens with one attached hydrogen (secondary N) is 1. The van der Waals surface area contributed by atoms with Crippen LogP contribution in [-0.4, -0.2) is 31.4 Å². The van der Waals surface area contributed by atoms with Crippen LogP contribution in [0.2, 0.25) is 0 Å². The summed E-state index contributed by atoms with van der Waals surface area (Å²) >= 11 is 5.64. The molecule has 156 valence electrons. The van der Waals surface area contributed by atoms with Crippen LogP contribution in [0.4, 0.5) is 10.1 Å². The second-order valence-corrected chi connectivity index (χ2v) is 7.16. The van der Waals surface area contributed by atoms with Gasteiger partial charge in [0.1, 0.15) is 19.0 Å². The maximum atomic E-state index is 14.6. The highest BCUT2D eigenvalue weighted by Crippen LogP contribution is 2.40. The van der Waals surface area contributed by atoms with Crippen molar-refractivity contribution in [2.24, 2.45) is 0 Å². The predicted octanol–water partition coefficient (Wildman–Crippen LogP) is 3.87. The number of carbonyl (C=O) groups is 1. The molecule has 8 heteroatoms. The van der Waals surface area contributed by atoms with Gasteiger partial charge in [-0.1, -0.05) is 25.1 Å². The van der Waals surface area contributed by atoms with E-state index in [1.807, 2.05) is 19.1 Å². The number of esters is 1. The molecule has 1 atom stereocenters. The fourth-order valence-corrected chi connectivity index (χ4v) is 4.08. The molecule has 0 fully saturated rings. The lowest BCUT2D eigenvalue weighted by Crippen LogP contribution is -2.48. The van der Waals surface area contributed by atoms with Crippen LogP contribution < -0.4 is 19.7 Å². The fraction of sp³-hybridized carbons (Fsp3) is 0.273. The molecular formula is C22H21FN2O4S. The summed E-state index contributed by atoms with van der Waals surface area (Å²) in [5.74, 6) is 0.285. The van der Waals surface area contributed by atoms with Crippen molar-refractivity contribution in [3.63, 3.8) is 0 Å². The Kier molecular flexibility index (Phi) is 5.59. The van der Waals surface area contributed by atoms with Crippen LogP contribution in [-0.2, 0) is 9.53 Å². The Morgan fingerprint density at radius 3 is 2.67 bits per heavy atom. The van der Waals surface area contributed by atoms with Gasteiger partial charge in [-0.05, 0) is 36.8 Å². The lowest BCUT2D eigenvalue weighted by molar-refractivity contribution is -0.136. The standard InChI is InChI=1S/C22H21FN2O4S/c1-3-16-19(21(26)27-2)20(14-6-4-5-7-15(14)23)24-22(30)25(16)13-8-9-17-18(12-13)29-11-10-28-17/h4-9,12,20H,3,10-11H2,1-2H3,(H,24,30). The third-order valence-electron chi connectivity index (χ3n) is 5.08. The number of halogens is 1. The van der Waals surface area contributed by atoms with E-state index in [9.17, 15) is 9.18 Å². The zero-order chi connectivity index (χ0) is 21.3. The number of carbonyl (C=O) groups excluding carboxylic acids is 1. The molecule has 0 aromatic heterocycles. The molecular weight excluding hydrogens is 407 g/mol. The molecule has 2 aromatic rings. The first-order valence-corrected chi connectivity index (χ1v) is 10.0. The molecule has 0 amide bonds. The van der Waals surface area contributed by atoms with Crippen molar-refractivity contribution in [2.45, 2.75) is 19.4 Å². The molecule has 2 aliphatic rings. The van der Waals surface area contributed by atoms with E-state index in [0.29, 0.717) is 58.8 Å². The van der Waals surface area contributed by atoms with Crippen molar-refractivity contribution >= 4 is 29.0 Å². The lowest BCUT2D eigenvalue weighted by Gasteiger charge is -2.38. The molecule has 30 heavy (non-hydrogen) atoms. The highest BCUT2D eigenvalue weighted by molar-refractivity contribution is 7.80. The molecule has 2 aliphatic heterocycles. The smallest absolute Gasteiger partial charge is 0.338 e. The van der Waals surface area contributed by atoms with Crippen LogP contribution in [0, 0.1) is 5.82 Å². The summed E-state index contributed by atoms with van der Waals surface area (Å²) in [7, 11) is 1.31. The highest BCUT2D eigenvalue weighted by Gasteiger charge is 2.37. The van der Waals surface area contributed by atoms with E-state index >= 15 is 0 Å². The van der Waals surface area contributed by atoms with Crippen LogP contribution in [0.1, 0.15) is 24.9 Å². The van der Waals surface area contributed by atoms with Crippen molar-refractivity contribution in [1.82, 2.24) is 5.32 Å². The molecule has 0 aliphatic carbocycles. The monoisotopic (exact) mass is 428 g/mol. The number of thiocarbonyl (C=S) groups is 1. The Labute approximate surface area is 179 Å².